The van der Waals surface area contributed by atoms with Gasteiger partial charge in [-0.15, -0.1) is 0 Å². The standard InChI is InChI=1S/C26H23NO8/c1-4-31-19-11-9-17(15-23(19)32-5-2)24-27-18(25(28)35-24)13-16-8-10-20(22(14-16)30-3)34-26(29)21-7-6-12-33-21/h6-15H,4-5H2,1-3H3/b18-13-. The van der Waals surface area contributed by atoms with Crippen molar-refractivity contribution < 1.29 is 37.7 Å². The predicted octanol–water partition coefficient (Wildman–Crippen LogP) is 4.65. The van der Waals surface area contributed by atoms with Gasteiger partial charge in [-0.05, 0) is 68.0 Å². The van der Waals surface area contributed by atoms with Gasteiger partial charge in [-0.3, -0.25) is 0 Å². The van der Waals surface area contributed by atoms with E-state index < -0.39 is 11.9 Å². The maximum absolute atomic E-state index is 12.5. The lowest BCUT2D eigenvalue weighted by Crippen LogP contribution is -2.08. The number of ether oxygens (including phenoxy) is 5. The van der Waals surface area contributed by atoms with Crippen LogP contribution in [0.25, 0.3) is 6.08 Å². The molecule has 1 aliphatic rings. The Hall–Kier alpha value is -4.53. The highest BCUT2D eigenvalue weighted by atomic mass is 16.6. The van der Waals surface area contributed by atoms with E-state index in [0.29, 0.717) is 41.6 Å². The number of carbonyl (C=O) groups excluding carboxylic acids is 2. The summed E-state index contributed by atoms with van der Waals surface area (Å²) in [6, 6.07) is 13.1. The monoisotopic (exact) mass is 477 g/mol. The minimum absolute atomic E-state index is 0.0654. The van der Waals surface area contributed by atoms with Crippen molar-refractivity contribution in [3.63, 3.8) is 0 Å². The Morgan fingerprint density at radius 3 is 2.46 bits per heavy atom. The molecule has 1 aromatic heterocycles. The lowest BCUT2D eigenvalue weighted by molar-refractivity contribution is -0.129. The molecule has 0 aliphatic carbocycles. The first-order valence-electron chi connectivity index (χ1n) is 10.9. The van der Waals surface area contributed by atoms with Gasteiger partial charge in [-0.25, -0.2) is 14.6 Å². The number of aliphatic imine (C=N–C) groups is 1. The van der Waals surface area contributed by atoms with Gasteiger partial charge in [0, 0.05) is 5.56 Å². The van der Waals surface area contributed by atoms with E-state index >= 15 is 0 Å². The molecular weight excluding hydrogens is 454 g/mol. The number of methoxy groups -OCH3 is 1. The van der Waals surface area contributed by atoms with Gasteiger partial charge in [0.2, 0.25) is 11.7 Å². The zero-order valence-corrected chi connectivity index (χ0v) is 19.4. The number of hydrogen-bond donors (Lipinski definition) is 0. The fourth-order valence-corrected chi connectivity index (χ4v) is 3.28. The topological polar surface area (TPSA) is 106 Å². The molecule has 0 bridgehead atoms. The number of cyclic esters (lactones) is 1. The third kappa shape index (κ3) is 5.35. The SMILES string of the molecule is CCOc1ccc(C2=N/C(=C\c3ccc(OC(=O)c4ccco4)c(OC)c3)C(=O)O2)cc1OCC. The Kier molecular flexibility index (Phi) is 7.15. The lowest BCUT2D eigenvalue weighted by atomic mass is 10.1. The number of hydrogen-bond acceptors (Lipinski definition) is 9. The highest BCUT2D eigenvalue weighted by Crippen LogP contribution is 2.32. The number of nitrogens with zero attached hydrogens (tertiary/aromatic N) is 1. The number of rotatable bonds is 9. The Morgan fingerprint density at radius 1 is 0.971 bits per heavy atom. The molecule has 0 saturated heterocycles. The van der Waals surface area contributed by atoms with Crippen molar-refractivity contribution in [3.8, 4) is 23.0 Å². The van der Waals surface area contributed by atoms with Crippen LogP contribution < -0.4 is 18.9 Å². The molecule has 180 valence electrons. The molecule has 9 nitrogen and oxygen atoms in total. The summed E-state index contributed by atoms with van der Waals surface area (Å²) >= 11 is 0. The summed E-state index contributed by atoms with van der Waals surface area (Å²) in [5, 5.41) is 0. The molecule has 0 N–H and O–H groups in total. The second-order valence-electron chi connectivity index (χ2n) is 7.14. The zero-order chi connectivity index (χ0) is 24.8. The van der Waals surface area contributed by atoms with Crippen LogP contribution in [0.1, 0.15) is 35.5 Å². The summed E-state index contributed by atoms with van der Waals surface area (Å²) < 4.78 is 32.3. The van der Waals surface area contributed by atoms with Crippen LogP contribution in [0.2, 0.25) is 0 Å². The molecule has 0 amide bonds. The van der Waals surface area contributed by atoms with Crippen LogP contribution in [0.15, 0.2) is 69.9 Å². The van der Waals surface area contributed by atoms with E-state index in [4.69, 9.17) is 28.1 Å². The number of carbonyl (C=O) groups is 2. The summed E-state index contributed by atoms with van der Waals surface area (Å²) in [6.45, 7) is 4.70. The summed E-state index contributed by atoms with van der Waals surface area (Å²) in [7, 11) is 1.44. The number of esters is 2. The number of furan rings is 1. The molecule has 3 aromatic rings. The van der Waals surface area contributed by atoms with Crippen molar-refractivity contribution in [2.75, 3.05) is 20.3 Å². The quantitative estimate of drug-likeness (QED) is 0.249. The van der Waals surface area contributed by atoms with Gasteiger partial charge < -0.3 is 28.1 Å². The van der Waals surface area contributed by atoms with Crippen LogP contribution in [-0.4, -0.2) is 38.2 Å². The second kappa shape index (κ2) is 10.6. The largest absolute Gasteiger partial charge is 0.493 e. The summed E-state index contributed by atoms with van der Waals surface area (Å²) in [5.41, 5.74) is 1.28. The van der Waals surface area contributed by atoms with Crippen LogP contribution in [-0.2, 0) is 9.53 Å². The second-order valence-corrected chi connectivity index (χ2v) is 7.14. The molecule has 2 heterocycles. The van der Waals surface area contributed by atoms with Gasteiger partial charge in [0.25, 0.3) is 0 Å². The molecule has 0 fully saturated rings. The Labute approximate surface area is 201 Å². The number of benzene rings is 2. The van der Waals surface area contributed by atoms with E-state index in [9.17, 15) is 9.59 Å². The van der Waals surface area contributed by atoms with Gasteiger partial charge in [-0.1, -0.05) is 6.07 Å². The van der Waals surface area contributed by atoms with E-state index in [1.54, 1.807) is 48.5 Å². The van der Waals surface area contributed by atoms with Gasteiger partial charge >= 0.3 is 11.9 Å². The third-order valence-corrected chi connectivity index (χ3v) is 4.83. The summed E-state index contributed by atoms with van der Waals surface area (Å²) in [5.74, 6) is 0.590. The van der Waals surface area contributed by atoms with Gasteiger partial charge in [0.1, 0.15) is 0 Å². The van der Waals surface area contributed by atoms with Crippen molar-refractivity contribution in [1.82, 2.24) is 0 Å². The van der Waals surface area contributed by atoms with Crippen LogP contribution in [0.5, 0.6) is 23.0 Å². The van der Waals surface area contributed by atoms with Crippen molar-refractivity contribution in [2.45, 2.75) is 13.8 Å². The maximum atomic E-state index is 12.5. The molecular formula is C26H23NO8. The Balaban J connectivity index is 1.57. The zero-order valence-electron chi connectivity index (χ0n) is 19.4. The van der Waals surface area contributed by atoms with Gasteiger partial charge in [-0.2, -0.15) is 0 Å². The minimum atomic E-state index is -0.658. The van der Waals surface area contributed by atoms with Crippen molar-refractivity contribution in [2.24, 2.45) is 4.99 Å². The predicted molar refractivity (Wildman–Crippen MR) is 126 cm³/mol. The van der Waals surface area contributed by atoms with Gasteiger partial charge in [0.05, 0.1) is 26.6 Å². The molecule has 0 spiro atoms. The molecule has 0 atom stereocenters. The average molecular weight is 477 g/mol. The Morgan fingerprint density at radius 2 is 1.74 bits per heavy atom. The fourth-order valence-electron chi connectivity index (χ4n) is 3.28. The fraction of sp³-hybridized carbons (Fsp3) is 0.192. The normalized spacial score (nSPS) is 13.9. The van der Waals surface area contributed by atoms with Crippen LogP contribution >= 0.6 is 0 Å². The van der Waals surface area contributed by atoms with E-state index in [0.717, 1.165) is 0 Å². The molecule has 2 aromatic carbocycles. The molecule has 1 aliphatic heterocycles. The van der Waals surface area contributed by atoms with Crippen LogP contribution in [0, 0.1) is 0 Å². The van der Waals surface area contributed by atoms with Crippen molar-refractivity contribution in [3.05, 3.63) is 77.4 Å². The molecule has 0 unspecified atom stereocenters. The third-order valence-electron chi connectivity index (χ3n) is 4.83. The molecule has 9 heteroatoms. The lowest BCUT2D eigenvalue weighted by Gasteiger charge is -2.11. The molecule has 0 radical (unpaired) electrons. The van der Waals surface area contributed by atoms with E-state index in [2.05, 4.69) is 4.99 Å². The smallest absolute Gasteiger partial charge is 0.379 e. The van der Waals surface area contributed by atoms with Crippen molar-refractivity contribution >= 4 is 23.9 Å². The molecule has 35 heavy (non-hydrogen) atoms. The average Bonchev–Trinajstić information content (AvgIpc) is 3.52. The molecule has 0 saturated carbocycles. The first-order valence-corrected chi connectivity index (χ1v) is 10.9. The van der Waals surface area contributed by atoms with Crippen molar-refractivity contribution in [1.29, 1.82) is 0 Å². The highest BCUT2D eigenvalue weighted by Gasteiger charge is 2.25. The van der Waals surface area contributed by atoms with Crippen LogP contribution in [0.3, 0.4) is 0 Å². The first-order chi connectivity index (χ1) is 17.0. The highest BCUT2D eigenvalue weighted by molar-refractivity contribution is 6.13. The summed E-state index contributed by atoms with van der Waals surface area (Å²) in [6.07, 6.45) is 2.93. The van der Waals surface area contributed by atoms with E-state index in [1.165, 1.54) is 19.4 Å². The van der Waals surface area contributed by atoms with Crippen LogP contribution in [0.4, 0.5) is 0 Å². The van der Waals surface area contributed by atoms with E-state index in [-0.39, 0.29) is 23.1 Å². The first kappa shape index (κ1) is 23.6. The Bertz CT molecular complexity index is 1290. The minimum Gasteiger partial charge on any atom is -0.493 e. The van der Waals surface area contributed by atoms with Gasteiger partial charge in [0.15, 0.2) is 28.7 Å². The summed E-state index contributed by atoms with van der Waals surface area (Å²) in [4.78, 5) is 29.0. The van der Waals surface area contributed by atoms with E-state index in [1.807, 2.05) is 13.8 Å². The maximum Gasteiger partial charge on any atom is 0.379 e. The molecule has 4 rings (SSSR count).